The molecule has 3 heterocycles. The van der Waals surface area contributed by atoms with Gasteiger partial charge in [0.1, 0.15) is 5.75 Å². The predicted octanol–water partition coefficient (Wildman–Crippen LogP) is 2.37. The summed E-state index contributed by atoms with van der Waals surface area (Å²) >= 11 is 0. The lowest BCUT2D eigenvalue weighted by Crippen LogP contribution is -2.37. The van der Waals surface area contributed by atoms with E-state index in [1.165, 1.54) is 0 Å². The second-order valence-corrected chi connectivity index (χ2v) is 8.06. The predicted molar refractivity (Wildman–Crippen MR) is 134 cm³/mol. The Morgan fingerprint density at radius 1 is 1.03 bits per heavy atom. The molecule has 12 nitrogen and oxygen atoms in total. The molecule has 4 aromatic rings. The van der Waals surface area contributed by atoms with E-state index in [1.807, 2.05) is 12.1 Å². The van der Waals surface area contributed by atoms with Crippen LogP contribution in [-0.2, 0) is 11.3 Å². The maximum atomic E-state index is 12.4. The Bertz CT molecular complexity index is 1330. The summed E-state index contributed by atoms with van der Waals surface area (Å²) in [7, 11) is 1.59. The number of rotatable bonds is 7. The van der Waals surface area contributed by atoms with Crippen LogP contribution in [0.1, 0.15) is 0 Å². The quantitative estimate of drug-likeness (QED) is 0.356. The van der Waals surface area contributed by atoms with Gasteiger partial charge in [0.15, 0.2) is 22.8 Å². The Hall–Kier alpha value is -4.29. The van der Waals surface area contributed by atoms with Gasteiger partial charge in [-0.05, 0) is 48.5 Å². The van der Waals surface area contributed by atoms with Crippen molar-refractivity contribution in [2.75, 3.05) is 55.6 Å². The van der Waals surface area contributed by atoms with Gasteiger partial charge in [-0.25, -0.2) is 19.4 Å². The molecular formula is C24H26N8O4. The number of carbonyl (C=O) groups excluding carboxylic acids is 1. The Kier molecular flexibility index (Phi) is 6.87. The van der Waals surface area contributed by atoms with Crippen molar-refractivity contribution in [3.8, 4) is 17.1 Å². The van der Waals surface area contributed by atoms with E-state index in [1.54, 1.807) is 48.2 Å². The zero-order valence-electron chi connectivity index (χ0n) is 19.7. The fourth-order valence-corrected chi connectivity index (χ4v) is 3.88. The van der Waals surface area contributed by atoms with E-state index in [2.05, 4.69) is 30.8 Å². The first-order valence-electron chi connectivity index (χ1n) is 11.5. The van der Waals surface area contributed by atoms with Crippen LogP contribution in [0, 0.1) is 0 Å². The lowest BCUT2D eigenvalue weighted by Gasteiger charge is -2.28. The highest BCUT2D eigenvalue weighted by molar-refractivity contribution is 5.99. The van der Waals surface area contributed by atoms with Crippen LogP contribution in [0.3, 0.4) is 0 Å². The van der Waals surface area contributed by atoms with Crippen LogP contribution in [0.15, 0.2) is 48.5 Å². The normalized spacial score (nSPS) is 13.6. The highest BCUT2D eigenvalue weighted by Gasteiger charge is 2.22. The number of amides is 2. The average Bonchev–Trinajstić information content (AvgIpc) is 3.32. The monoisotopic (exact) mass is 490 g/mol. The topological polar surface area (TPSA) is 140 Å². The first-order chi connectivity index (χ1) is 17.6. The Balaban J connectivity index is 1.37. The Labute approximate surface area is 206 Å². The number of benzene rings is 2. The second kappa shape index (κ2) is 10.5. The number of hydrogen-bond acceptors (Lipinski definition) is 9. The molecule has 5 rings (SSSR count). The number of hydrogen-bond donors (Lipinski definition) is 3. The molecule has 12 heteroatoms. The van der Waals surface area contributed by atoms with Crippen molar-refractivity contribution < 1.29 is 19.4 Å². The molecule has 2 aromatic heterocycles. The third-order valence-electron chi connectivity index (χ3n) is 5.72. The fourth-order valence-electron chi connectivity index (χ4n) is 3.88. The largest absolute Gasteiger partial charge is 0.497 e. The van der Waals surface area contributed by atoms with Crippen LogP contribution in [-0.4, -0.2) is 76.1 Å². The summed E-state index contributed by atoms with van der Waals surface area (Å²) in [6.45, 7) is 2.77. The molecule has 1 fully saturated rings. The highest BCUT2D eigenvalue weighted by Crippen LogP contribution is 2.27. The van der Waals surface area contributed by atoms with E-state index in [-0.39, 0.29) is 19.2 Å². The molecule has 0 atom stereocenters. The van der Waals surface area contributed by atoms with Gasteiger partial charge >= 0.3 is 6.03 Å². The number of nitrogens with zero attached hydrogens (tertiary/aromatic N) is 6. The maximum absolute atomic E-state index is 12.4. The molecule has 2 aromatic carbocycles. The van der Waals surface area contributed by atoms with Gasteiger partial charge < -0.3 is 30.1 Å². The number of fused-ring (bicyclic) bond motifs is 1. The number of methoxy groups -OCH3 is 1. The minimum Gasteiger partial charge on any atom is -0.497 e. The maximum Gasteiger partial charge on any atom is 0.323 e. The van der Waals surface area contributed by atoms with Crippen molar-refractivity contribution in [1.82, 2.24) is 25.0 Å². The van der Waals surface area contributed by atoms with Gasteiger partial charge in [-0.3, -0.25) is 0 Å². The van der Waals surface area contributed by atoms with Crippen LogP contribution in [0.2, 0.25) is 0 Å². The molecule has 0 aliphatic carbocycles. The fraction of sp³-hybridized carbons (Fsp3) is 0.292. The van der Waals surface area contributed by atoms with Crippen LogP contribution in [0.5, 0.6) is 5.75 Å². The molecule has 2 amide bonds. The molecule has 186 valence electrons. The van der Waals surface area contributed by atoms with E-state index >= 15 is 0 Å². The highest BCUT2D eigenvalue weighted by atomic mass is 16.5. The molecule has 36 heavy (non-hydrogen) atoms. The Morgan fingerprint density at radius 2 is 1.69 bits per heavy atom. The molecule has 1 aliphatic heterocycles. The number of urea groups is 1. The summed E-state index contributed by atoms with van der Waals surface area (Å²) in [5.41, 5.74) is 3.17. The van der Waals surface area contributed by atoms with Crippen molar-refractivity contribution in [1.29, 1.82) is 0 Å². The molecular weight excluding hydrogens is 464 g/mol. The van der Waals surface area contributed by atoms with Crippen molar-refractivity contribution in [3.63, 3.8) is 0 Å². The molecule has 1 saturated heterocycles. The number of morpholine rings is 1. The van der Waals surface area contributed by atoms with E-state index in [4.69, 9.17) is 14.5 Å². The number of aromatic nitrogens is 5. The Morgan fingerprint density at radius 3 is 2.33 bits per heavy atom. The minimum atomic E-state index is -0.362. The minimum absolute atomic E-state index is 0.0797. The summed E-state index contributed by atoms with van der Waals surface area (Å²) < 4.78 is 12.2. The number of aliphatic hydroxyl groups excluding tert-OH is 1. The summed E-state index contributed by atoms with van der Waals surface area (Å²) in [6, 6.07) is 14.0. The van der Waals surface area contributed by atoms with Gasteiger partial charge in [-0.2, -0.15) is 0 Å². The third-order valence-corrected chi connectivity index (χ3v) is 5.72. The van der Waals surface area contributed by atoms with Crippen molar-refractivity contribution >= 4 is 34.4 Å². The van der Waals surface area contributed by atoms with Gasteiger partial charge in [0, 0.05) is 30.0 Å². The molecule has 0 unspecified atom stereocenters. The zero-order valence-corrected chi connectivity index (χ0v) is 19.7. The van der Waals surface area contributed by atoms with Gasteiger partial charge in [0.05, 0.1) is 33.5 Å². The summed E-state index contributed by atoms with van der Waals surface area (Å²) in [6.07, 6.45) is 0. The van der Waals surface area contributed by atoms with Crippen molar-refractivity contribution in [2.45, 2.75) is 6.54 Å². The number of carbonyl (C=O) groups is 1. The number of aliphatic hydroxyl groups is 1. The third kappa shape index (κ3) is 5.04. The zero-order chi connectivity index (χ0) is 24.9. The van der Waals surface area contributed by atoms with Gasteiger partial charge in [0.25, 0.3) is 0 Å². The molecule has 0 bridgehead atoms. The van der Waals surface area contributed by atoms with Crippen molar-refractivity contribution in [3.05, 3.63) is 48.5 Å². The molecule has 0 saturated carbocycles. The van der Waals surface area contributed by atoms with E-state index < -0.39 is 0 Å². The van der Waals surface area contributed by atoms with Gasteiger partial charge in [-0.15, -0.1) is 5.10 Å². The van der Waals surface area contributed by atoms with Gasteiger partial charge in [-0.1, -0.05) is 5.21 Å². The smallest absolute Gasteiger partial charge is 0.323 e. The first kappa shape index (κ1) is 23.5. The van der Waals surface area contributed by atoms with Crippen LogP contribution >= 0.6 is 0 Å². The molecule has 3 N–H and O–H groups in total. The lowest BCUT2D eigenvalue weighted by molar-refractivity contribution is 0.122. The standard InChI is InChI=1S/C24H26N8O4/c1-35-19-8-6-18(7-9-19)26-24(34)25-17-4-2-16(3-5-17)21-27-22(31-11-14-36-15-12-31)20-23(28-21)32(10-13-33)30-29-20/h2-9,33H,10-15H2,1H3,(H2,25,26,34). The average molecular weight is 491 g/mol. The van der Waals surface area contributed by atoms with E-state index in [0.29, 0.717) is 66.2 Å². The van der Waals surface area contributed by atoms with Crippen LogP contribution < -0.4 is 20.3 Å². The number of nitrogens with one attached hydrogen (secondary N) is 2. The SMILES string of the molecule is COc1ccc(NC(=O)Nc2ccc(-c3nc(N4CCOCC4)c4nnn(CCO)c4n3)cc2)cc1. The lowest BCUT2D eigenvalue weighted by atomic mass is 10.2. The van der Waals surface area contributed by atoms with Crippen LogP contribution in [0.25, 0.3) is 22.6 Å². The van der Waals surface area contributed by atoms with E-state index in [9.17, 15) is 9.90 Å². The first-order valence-corrected chi connectivity index (χ1v) is 11.5. The number of anilines is 3. The van der Waals surface area contributed by atoms with Gasteiger partial charge in [0.2, 0.25) is 0 Å². The van der Waals surface area contributed by atoms with E-state index in [0.717, 1.165) is 5.56 Å². The summed E-state index contributed by atoms with van der Waals surface area (Å²) in [5, 5.41) is 23.4. The molecule has 0 spiro atoms. The number of ether oxygens (including phenoxy) is 2. The molecule has 0 radical (unpaired) electrons. The van der Waals surface area contributed by atoms with Crippen molar-refractivity contribution in [2.24, 2.45) is 0 Å². The summed E-state index contributed by atoms with van der Waals surface area (Å²) in [4.78, 5) is 24.0. The van der Waals surface area contributed by atoms with Crippen LogP contribution in [0.4, 0.5) is 22.0 Å². The molecule has 1 aliphatic rings. The second-order valence-electron chi connectivity index (χ2n) is 8.06. The summed E-state index contributed by atoms with van der Waals surface area (Å²) in [5.74, 6) is 1.90.